The van der Waals surface area contributed by atoms with Gasteiger partial charge in [0.05, 0.1) is 29.6 Å². The van der Waals surface area contributed by atoms with Crippen molar-refractivity contribution in [3.63, 3.8) is 0 Å². The zero-order valence-corrected chi connectivity index (χ0v) is 20.2. The maximum absolute atomic E-state index is 13.5. The van der Waals surface area contributed by atoms with Crippen molar-refractivity contribution in [1.29, 1.82) is 0 Å². The molecule has 35 heavy (non-hydrogen) atoms. The fourth-order valence-electron chi connectivity index (χ4n) is 3.68. The quantitative estimate of drug-likeness (QED) is 0.326. The van der Waals surface area contributed by atoms with Gasteiger partial charge in [-0.3, -0.25) is 9.59 Å². The van der Waals surface area contributed by atoms with Gasteiger partial charge in [-0.25, -0.2) is 14.6 Å². The molecule has 1 fully saturated rings. The third kappa shape index (κ3) is 4.76. The zero-order valence-electron chi connectivity index (χ0n) is 19.4. The Morgan fingerprint density at radius 3 is 1.80 bits per heavy atom. The number of para-hydroxylation sites is 2. The molecule has 0 atom stereocenters. The smallest absolute Gasteiger partial charge is 0.343 e. The first-order chi connectivity index (χ1) is 16.8. The van der Waals surface area contributed by atoms with Crippen molar-refractivity contribution < 1.29 is 23.9 Å². The van der Waals surface area contributed by atoms with Gasteiger partial charge in [-0.05, 0) is 61.9 Å². The van der Waals surface area contributed by atoms with Crippen LogP contribution in [-0.4, -0.2) is 31.1 Å². The van der Waals surface area contributed by atoms with Crippen molar-refractivity contribution >= 4 is 46.9 Å². The third-order valence-corrected chi connectivity index (χ3v) is 5.48. The van der Waals surface area contributed by atoms with Crippen LogP contribution in [0.4, 0.5) is 16.2 Å². The van der Waals surface area contributed by atoms with Crippen LogP contribution in [0.3, 0.4) is 0 Å². The summed E-state index contributed by atoms with van der Waals surface area (Å²) in [6.07, 6.45) is 1.26. The van der Waals surface area contributed by atoms with E-state index in [-0.39, 0.29) is 16.7 Å². The van der Waals surface area contributed by atoms with Gasteiger partial charge in [0.1, 0.15) is 5.57 Å². The number of nitrogens with zero attached hydrogens (tertiary/aromatic N) is 2. The largest absolute Gasteiger partial charge is 0.493 e. The Bertz CT molecular complexity index is 1240. The molecule has 4 amide bonds. The Morgan fingerprint density at radius 1 is 0.829 bits per heavy atom. The first-order valence-electron chi connectivity index (χ1n) is 10.9. The van der Waals surface area contributed by atoms with Crippen LogP contribution in [0.25, 0.3) is 6.08 Å². The molecule has 0 saturated carbocycles. The molecule has 178 valence electrons. The second-order valence-corrected chi connectivity index (χ2v) is 8.40. The molecule has 0 unspecified atom stereocenters. The van der Waals surface area contributed by atoms with Crippen LogP contribution >= 0.6 is 11.6 Å². The lowest BCUT2D eigenvalue weighted by atomic mass is 10.0. The van der Waals surface area contributed by atoms with Crippen molar-refractivity contribution in [2.45, 2.75) is 20.0 Å². The highest BCUT2D eigenvalue weighted by atomic mass is 35.5. The van der Waals surface area contributed by atoms with E-state index in [0.717, 1.165) is 9.80 Å². The number of barbiturate groups is 1. The van der Waals surface area contributed by atoms with Gasteiger partial charge in [0.25, 0.3) is 11.8 Å². The molecule has 8 heteroatoms. The minimum atomic E-state index is -0.758. The highest BCUT2D eigenvalue weighted by Gasteiger charge is 2.43. The van der Waals surface area contributed by atoms with E-state index in [2.05, 4.69) is 0 Å². The van der Waals surface area contributed by atoms with Gasteiger partial charge in [0.15, 0.2) is 11.5 Å². The summed E-state index contributed by atoms with van der Waals surface area (Å²) in [6, 6.07) is 19.3. The van der Waals surface area contributed by atoms with Crippen LogP contribution in [-0.2, 0) is 9.59 Å². The molecule has 4 rings (SSSR count). The number of imide groups is 2. The van der Waals surface area contributed by atoms with E-state index < -0.39 is 17.8 Å². The normalized spacial score (nSPS) is 14.0. The first kappa shape index (κ1) is 24.0. The van der Waals surface area contributed by atoms with Crippen molar-refractivity contribution in [3.05, 3.63) is 89.0 Å². The van der Waals surface area contributed by atoms with Gasteiger partial charge in [0, 0.05) is 0 Å². The second-order valence-electron chi connectivity index (χ2n) is 7.99. The van der Waals surface area contributed by atoms with E-state index in [1.165, 1.54) is 13.2 Å². The Morgan fingerprint density at radius 2 is 1.34 bits per heavy atom. The van der Waals surface area contributed by atoms with Crippen LogP contribution in [0.5, 0.6) is 11.5 Å². The summed E-state index contributed by atoms with van der Waals surface area (Å²) in [5, 5.41) is 0.261. The monoisotopic (exact) mass is 490 g/mol. The average molecular weight is 491 g/mol. The molecule has 1 heterocycles. The van der Waals surface area contributed by atoms with Gasteiger partial charge in [-0.1, -0.05) is 48.0 Å². The average Bonchev–Trinajstić information content (AvgIpc) is 2.84. The van der Waals surface area contributed by atoms with Crippen molar-refractivity contribution in [2.24, 2.45) is 0 Å². The van der Waals surface area contributed by atoms with Gasteiger partial charge in [-0.15, -0.1) is 0 Å². The number of methoxy groups -OCH3 is 1. The Hall–Kier alpha value is -4.10. The number of hydrogen-bond acceptors (Lipinski definition) is 5. The molecule has 1 aliphatic heterocycles. The van der Waals surface area contributed by atoms with Crippen LogP contribution in [0, 0.1) is 0 Å². The molecule has 0 N–H and O–H groups in total. The summed E-state index contributed by atoms with van der Waals surface area (Å²) in [4.78, 5) is 42.3. The lowest BCUT2D eigenvalue weighted by molar-refractivity contribution is -0.121. The maximum Gasteiger partial charge on any atom is 0.343 e. The van der Waals surface area contributed by atoms with Crippen LogP contribution in [0.2, 0.25) is 5.02 Å². The number of rotatable bonds is 6. The molecule has 7 nitrogen and oxygen atoms in total. The fourth-order valence-corrected chi connectivity index (χ4v) is 3.94. The van der Waals surface area contributed by atoms with Gasteiger partial charge >= 0.3 is 6.03 Å². The van der Waals surface area contributed by atoms with Crippen LogP contribution in [0.15, 0.2) is 78.4 Å². The summed E-state index contributed by atoms with van der Waals surface area (Å²) in [6.45, 7) is 3.72. The minimum absolute atomic E-state index is 0.142. The SMILES string of the molecule is COc1cc(C=C2C(=O)N(c3ccccc3)C(=O)N(c3ccccc3)C2=O)cc(Cl)c1OC(C)C. The summed E-state index contributed by atoms with van der Waals surface area (Å²) in [7, 11) is 1.47. The maximum atomic E-state index is 13.5. The lowest BCUT2D eigenvalue weighted by Gasteiger charge is -2.34. The Kier molecular flexibility index (Phi) is 6.89. The summed E-state index contributed by atoms with van der Waals surface area (Å²) < 4.78 is 11.2. The summed E-state index contributed by atoms with van der Waals surface area (Å²) in [5.41, 5.74) is 0.930. The van der Waals surface area contributed by atoms with Gasteiger partial charge in [-0.2, -0.15) is 0 Å². The van der Waals surface area contributed by atoms with Crippen LogP contribution in [0.1, 0.15) is 19.4 Å². The second kappa shape index (κ2) is 10.0. The molecule has 0 aliphatic carbocycles. The van der Waals surface area contributed by atoms with Crippen molar-refractivity contribution in [3.8, 4) is 11.5 Å². The number of anilines is 2. The number of benzene rings is 3. The fraction of sp³-hybridized carbons (Fsp3) is 0.148. The molecule has 3 aromatic carbocycles. The van der Waals surface area contributed by atoms with Crippen molar-refractivity contribution in [2.75, 3.05) is 16.9 Å². The Balaban J connectivity index is 1.85. The number of hydrogen-bond donors (Lipinski definition) is 0. The molecule has 3 aromatic rings. The number of carbonyl (C=O) groups excluding carboxylic acids is 3. The predicted molar refractivity (Wildman–Crippen MR) is 135 cm³/mol. The molecule has 0 bridgehead atoms. The van der Waals surface area contributed by atoms with E-state index >= 15 is 0 Å². The minimum Gasteiger partial charge on any atom is -0.493 e. The molecular weight excluding hydrogens is 468 g/mol. The summed E-state index contributed by atoms with van der Waals surface area (Å²) >= 11 is 6.44. The van der Waals surface area contributed by atoms with E-state index in [4.69, 9.17) is 21.1 Å². The van der Waals surface area contributed by atoms with Crippen molar-refractivity contribution in [1.82, 2.24) is 0 Å². The highest BCUT2D eigenvalue weighted by molar-refractivity contribution is 6.46. The van der Waals surface area contributed by atoms with E-state index in [1.54, 1.807) is 72.8 Å². The zero-order chi connectivity index (χ0) is 25.1. The molecule has 0 aromatic heterocycles. The standard InChI is InChI=1S/C27H23ClN2O5/c1-17(2)35-24-22(28)15-18(16-23(24)34-3)14-21-25(31)29(19-10-6-4-7-11-19)27(33)30(26(21)32)20-12-8-5-9-13-20/h4-17H,1-3H3. The highest BCUT2D eigenvalue weighted by Crippen LogP contribution is 2.38. The van der Waals surface area contributed by atoms with Gasteiger partial charge in [0.2, 0.25) is 0 Å². The van der Waals surface area contributed by atoms with E-state index in [0.29, 0.717) is 28.4 Å². The Labute approximate surface area is 208 Å². The topological polar surface area (TPSA) is 76.2 Å². The number of amides is 4. The summed E-state index contributed by atoms with van der Waals surface area (Å²) in [5.74, 6) is -0.767. The first-order valence-corrected chi connectivity index (χ1v) is 11.3. The number of urea groups is 1. The van der Waals surface area contributed by atoms with E-state index in [1.807, 2.05) is 13.8 Å². The van der Waals surface area contributed by atoms with Crippen LogP contribution < -0.4 is 19.3 Å². The predicted octanol–water partition coefficient (Wildman–Crippen LogP) is 5.72. The number of carbonyl (C=O) groups is 3. The number of ether oxygens (including phenoxy) is 2. The molecule has 1 saturated heterocycles. The molecule has 0 spiro atoms. The third-order valence-electron chi connectivity index (χ3n) is 5.19. The molecule has 0 radical (unpaired) electrons. The van der Waals surface area contributed by atoms with E-state index in [9.17, 15) is 14.4 Å². The van der Waals surface area contributed by atoms with Gasteiger partial charge < -0.3 is 9.47 Å². The number of halogens is 1. The molecular formula is C27H23ClN2O5. The lowest BCUT2D eigenvalue weighted by Crippen LogP contribution is -2.57. The molecule has 1 aliphatic rings.